The largest absolute Gasteiger partial charge is 0.368 e. The third-order valence-corrected chi connectivity index (χ3v) is 8.56. The first-order valence-corrected chi connectivity index (χ1v) is 11.7. The summed E-state index contributed by atoms with van der Waals surface area (Å²) in [5.41, 5.74) is 6.05. The van der Waals surface area contributed by atoms with Crippen LogP contribution in [-0.2, 0) is 19.6 Å². The SMILES string of the molecule is NC(=O)[C@H](NC(=O)[C@@H]1CCCN(S(=O)(=O)c2ccc(Br)s2)C1)c1ccccc1. The first kappa shape index (κ1) is 21.0. The molecule has 1 aromatic heterocycles. The fraction of sp³-hybridized carbons (Fsp3) is 0.333. The van der Waals surface area contributed by atoms with E-state index >= 15 is 0 Å². The zero-order chi connectivity index (χ0) is 20.3. The Morgan fingerprint density at radius 1 is 1.21 bits per heavy atom. The molecule has 10 heteroatoms. The number of carbonyl (C=O) groups is 2. The van der Waals surface area contributed by atoms with Gasteiger partial charge in [0.1, 0.15) is 10.3 Å². The van der Waals surface area contributed by atoms with Gasteiger partial charge in [0.15, 0.2) is 0 Å². The van der Waals surface area contributed by atoms with Gasteiger partial charge in [-0.25, -0.2) is 8.42 Å². The molecule has 2 amide bonds. The normalized spacial score (nSPS) is 19.1. The summed E-state index contributed by atoms with van der Waals surface area (Å²) < 4.78 is 28.0. The van der Waals surface area contributed by atoms with Crippen LogP contribution in [0.1, 0.15) is 24.4 Å². The smallest absolute Gasteiger partial charge is 0.252 e. The Hall–Kier alpha value is -1.75. The third kappa shape index (κ3) is 4.62. The van der Waals surface area contributed by atoms with Crippen molar-refractivity contribution in [1.82, 2.24) is 9.62 Å². The van der Waals surface area contributed by atoms with Crippen LogP contribution in [0.2, 0.25) is 0 Å². The molecule has 7 nitrogen and oxygen atoms in total. The number of piperidine rings is 1. The fourth-order valence-electron chi connectivity index (χ4n) is 3.16. The summed E-state index contributed by atoms with van der Waals surface area (Å²) in [5.74, 6) is -1.58. The van der Waals surface area contributed by atoms with Crippen LogP contribution in [0.4, 0.5) is 0 Å². The van der Waals surface area contributed by atoms with Crippen molar-refractivity contribution in [3.8, 4) is 0 Å². The van der Waals surface area contributed by atoms with E-state index in [2.05, 4.69) is 21.2 Å². The summed E-state index contributed by atoms with van der Waals surface area (Å²) in [5, 5.41) is 2.68. The van der Waals surface area contributed by atoms with Crippen LogP contribution in [0, 0.1) is 5.92 Å². The lowest BCUT2D eigenvalue weighted by Gasteiger charge is -2.31. The molecule has 28 heavy (non-hydrogen) atoms. The van der Waals surface area contributed by atoms with Gasteiger partial charge in [-0.2, -0.15) is 4.31 Å². The van der Waals surface area contributed by atoms with E-state index in [9.17, 15) is 18.0 Å². The average molecular weight is 486 g/mol. The summed E-state index contributed by atoms with van der Waals surface area (Å²) >= 11 is 4.41. The van der Waals surface area contributed by atoms with Gasteiger partial charge in [0.25, 0.3) is 10.0 Å². The van der Waals surface area contributed by atoms with E-state index in [0.29, 0.717) is 24.9 Å². The second kappa shape index (κ2) is 8.73. The first-order chi connectivity index (χ1) is 13.3. The molecule has 1 aromatic carbocycles. The first-order valence-electron chi connectivity index (χ1n) is 8.69. The zero-order valence-corrected chi connectivity index (χ0v) is 18.1. The molecule has 0 saturated carbocycles. The zero-order valence-electron chi connectivity index (χ0n) is 14.9. The standard InChI is InChI=1S/C18H20BrN3O4S2/c19-14-8-9-15(27-14)28(25,26)22-10-4-7-13(11-22)18(24)21-16(17(20)23)12-5-2-1-3-6-12/h1-3,5-6,8-9,13,16H,4,7,10-11H2,(H2,20,23)(H,21,24)/t13-,16-/m1/s1. The van der Waals surface area contributed by atoms with Gasteiger partial charge >= 0.3 is 0 Å². The summed E-state index contributed by atoms with van der Waals surface area (Å²) in [7, 11) is -3.65. The van der Waals surface area contributed by atoms with Gasteiger partial charge in [0.2, 0.25) is 11.8 Å². The maximum Gasteiger partial charge on any atom is 0.252 e. The van der Waals surface area contributed by atoms with Crippen LogP contribution in [-0.4, -0.2) is 37.6 Å². The fourth-order valence-corrected chi connectivity index (χ4v) is 6.85. The molecule has 1 saturated heterocycles. The van der Waals surface area contributed by atoms with Gasteiger partial charge in [-0.1, -0.05) is 30.3 Å². The molecular formula is C18H20BrN3O4S2. The van der Waals surface area contributed by atoms with Crippen molar-refractivity contribution in [2.75, 3.05) is 13.1 Å². The van der Waals surface area contributed by atoms with E-state index in [1.165, 1.54) is 4.31 Å². The van der Waals surface area contributed by atoms with E-state index in [4.69, 9.17) is 5.73 Å². The van der Waals surface area contributed by atoms with Crippen molar-refractivity contribution in [3.63, 3.8) is 0 Å². The summed E-state index contributed by atoms with van der Waals surface area (Å²) in [6.45, 7) is 0.434. The van der Waals surface area contributed by atoms with Gasteiger partial charge < -0.3 is 11.1 Å². The lowest BCUT2D eigenvalue weighted by atomic mass is 9.97. The number of hydrogen-bond acceptors (Lipinski definition) is 5. The van der Waals surface area contributed by atoms with E-state index in [1.807, 2.05) is 0 Å². The number of nitrogens with zero attached hydrogens (tertiary/aromatic N) is 1. The number of hydrogen-bond donors (Lipinski definition) is 2. The Labute approximate surface area is 176 Å². The molecule has 0 spiro atoms. The Kier molecular flexibility index (Phi) is 6.54. The van der Waals surface area contributed by atoms with Gasteiger partial charge in [-0.15, -0.1) is 11.3 Å². The number of thiophene rings is 1. The van der Waals surface area contributed by atoms with Gasteiger partial charge in [0, 0.05) is 13.1 Å². The van der Waals surface area contributed by atoms with Gasteiger partial charge in [-0.05, 0) is 46.5 Å². The molecule has 3 rings (SSSR count). The Morgan fingerprint density at radius 3 is 2.54 bits per heavy atom. The molecule has 1 fully saturated rings. The Balaban J connectivity index is 1.73. The highest BCUT2D eigenvalue weighted by molar-refractivity contribution is 9.11. The van der Waals surface area contributed by atoms with Crippen molar-refractivity contribution in [1.29, 1.82) is 0 Å². The molecule has 2 heterocycles. The maximum absolute atomic E-state index is 12.8. The number of halogens is 1. The Bertz CT molecular complexity index is 962. The van der Waals surface area contributed by atoms with Crippen molar-refractivity contribution in [3.05, 3.63) is 51.8 Å². The molecule has 2 atom stereocenters. The minimum Gasteiger partial charge on any atom is -0.368 e. The number of sulfonamides is 1. The summed E-state index contributed by atoms with van der Waals surface area (Å²) in [6, 6.07) is 11.0. The predicted molar refractivity (Wildman–Crippen MR) is 110 cm³/mol. The third-order valence-electron chi connectivity index (χ3n) is 4.60. The van der Waals surface area contributed by atoms with Crippen molar-refractivity contribution in [2.45, 2.75) is 23.1 Å². The minimum atomic E-state index is -3.65. The van der Waals surface area contributed by atoms with Crippen LogP contribution < -0.4 is 11.1 Å². The number of primary amides is 1. The number of rotatable bonds is 6. The lowest BCUT2D eigenvalue weighted by Crippen LogP contribution is -2.47. The highest BCUT2D eigenvalue weighted by Gasteiger charge is 2.35. The van der Waals surface area contributed by atoms with E-state index in [-0.39, 0.29) is 16.7 Å². The molecule has 1 aliphatic rings. The van der Waals surface area contributed by atoms with Crippen molar-refractivity contribution in [2.24, 2.45) is 11.7 Å². The lowest BCUT2D eigenvalue weighted by molar-refractivity contribution is -0.130. The number of benzene rings is 1. The van der Waals surface area contributed by atoms with E-state index < -0.39 is 27.9 Å². The van der Waals surface area contributed by atoms with Crippen LogP contribution >= 0.6 is 27.3 Å². The quantitative estimate of drug-likeness (QED) is 0.653. The number of nitrogens with one attached hydrogen (secondary N) is 1. The topological polar surface area (TPSA) is 110 Å². The van der Waals surface area contributed by atoms with E-state index in [0.717, 1.165) is 15.1 Å². The Morgan fingerprint density at radius 2 is 1.93 bits per heavy atom. The molecule has 150 valence electrons. The molecule has 1 aliphatic heterocycles. The highest BCUT2D eigenvalue weighted by atomic mass is 79.9. The second-order valence-electron chi connectivity index (χ2n) is 6.52. The monoisotopic (exact) mass is 485 g/mol. The van der Waals surface area contributed by atoms with E-state index in [1.54, 1.807) is 42.5 Å². The minimum absolute atomic E-state index is 0.0734. The summed E-state index contributed by atoms with van der Waals surface area (Å²) in [4.78, 5) is 24.6. The molecule has 3 N–H and O–H groups in total. The molecule has 0 radical (unpaired) electrons. The van der Waals surface area contributed by atoms with Crippen LogP contribution in [0.3, 0.4) is 0 Å². The average Bonchev–Trinajstić information content (AvgIpc) is 3.13. The summed E-state index contributed by atoms with van der Waals surface area (Å²) in [6.07, 6.45) is 1.11. The highest BCUT2D eigenvalue weighted by Crippen LogP contribution is 2.31. The van der Waals surface area contributed by atoms with Crippen LogP contribution in [0.25, 0.3) is 0 Å². The van der Waals surface area contributed by atoms with Crippen LogP contribution in [0.5, 0.6) is 0 Å². The predicted octanol–water partition coefficient (Wildman–Crippen LogP) is 2.25. The number of carbonyl (C=O) groups excluding carboxylic acids is 2. The van der Waals surface area contributed by atoms with Crippen molar-refractivity contribution >= 4 is 49.1 Å². The van der Waals surface area contributed by atoms with Gasteiger partial charge in [0.05, 0.1) is 9.70 Å². The maximum atomic E-state index is 12.8. The molecule has 0 unspecified atom stereocenters. The van der Waals surface area contributed by atoms with Gasteiger partial charge in [-0.3, -0.25) is 9.59 Å². The molecular weight excluding hydrogens is 466 g/mol. The molecule has 2 aromatic rings. The second-order valence-corrected chi connectivity index (χ2v) is 11.1. The number of nitrogens with two attached hydrogens (primary N) is 1. The van der Waals surface area contributed by atoms with Crippen LogP contribution in [0.15, 0.2) is 50.5 Å². The van der Waals surface area contributed by atoms with Crippen molar-refractivity contribution < 1.29 is 18.0 Å². The number of amides is 2. The molecule has 0 bridgehead atoms. The molecule has 0 aliphatic carbocycles.